The average molecular weight is 222 g/mol. The molecule has 0 aromatic heterocycles. The topological polar surface area (TPSA) is 65.8 Å². The van der Waals surface area contributed by atoms with E-state index in [0.29, 0.717) is 6.54 Å². The van der Waals surface area contributed by atoms with Gasteiger partial charge < -0.3 is 10.6 Å². The van der Waals surface area contributed by atoms with Crippen molar-refractivity contribution in [2.45, 2.75) is 5.37 Å². The molecule has 1 aromatic rings. The first-order chi connectivity index (χ1) is 7.34. The second-order valence-corrected chi connectivity index (χ2v) is 3.91. The summed E-state index contributed by atoms with van der Waals surface area (Å²) in [6.07, 6.45) is 0. The third-order valence-corrected chi connectivity index (χ3v) is 2.53. The maximum absolute atomic E-state index is 11.4. The highest BCUT2D eigenvalue weighted by molar-refractivity contribution is 7.98. The van der Waals surface area contributed by atoms with Crippen LogP contribution in [0.1, 0.15) is 0 Å². The Kier molecular flexibility index (Phi) is 3.18. The van der Waals surface area contributed by atoms with E-state index in [2.05, 4.69) is 20.3 Å². The van der Waals surface area contributed by atoms with E-state index in [4.69, 9.17) is 0 Å². The predicted molar refractivity (Wildman–Crippen MR) is 59.7 cm³/mol. The minimum atomic E-state index is -0.231. The van der Waals surface area contributed by atoms with Gasteiger partial charge in [0.1, 0.15) is 5.37 Å². The second kappa shape index (κ2) is 4.79. The van der Waals surface area contributed by atoms with E-state index in [1.807, 2.05) is 30.3 Å². The van der Waals surface area contributed by atoms with Crippen LogP contribution in [0, 0.1) is 0 Å². The van der Waals surface area contributed by atoms with Crippen LogP contribution < -0.4 is 10.6 Å². The molecule has 2 rings (SSSR count). The lowest BCUT2D eigenvalue weighted by atomic mass is 10.3. The van der Waals surface area contributed by atoms with E-state index in [1.165, 1.54) is 11.9 Å². The number of nitrogens with one attached hydrogen (secondary N) is 2. The molecule has 6 heteroatoms. The second-order valence-electron chi connectivity index (χ2n) is 2.96. The van der Waals surface area contributed by atoms with Crippen molar-refractivity contribution in [1.29, 1.82) is 0 Å². The van der Waals surface area contributed by atoms with E-state index in [-0.39, 0.29) is 11.4 Å². The summed E-state index contributed by atoms with van der Waals surface area (Å²) in [4.78, 5) is 11.4. The summed E-state index contributed by atoms with van der Waals surface area (Å²) in [5.74, 6) is 0. The van der Waals surface area contributed by atoms with Crippen LogP contribution >= 0.6 is 11.9 Å². The number of hydrogen-bond donors (Lipinski definition) is 2. The summed E-state index contributed by atoms with van der Waals surface area (Å²) in [6.45, 7) is 0.535. The Morgan fingerprint density at radius 2 is 2.20 bits per heavy atom. The van der Waals surface area contributed by atoms with Gasteiger partial charge >= 0.3 is 6.03 Å². The number of carbonyl (C=O) groups excluding carboxylic acids is 1. The van der Waals surface area contributed by atoms with Gasteiger partial charge in [0.15, 0.2) is 0 Å². The summed E-state index contributed by atoms with van der Waals surface area (Å²) < 4.78 is 3.72. The number of rotatable bonds is 2. The molecule has 1 aliphatic heterocycles. The molecule has 2 N–H and O–H groups in total. The smallest absolute Gasteiger partial charge is 0.320 e. The van der Waals surface area contributed by atoms with Crippen molar-refractivity contribution >= 4 is 23.7 Å². The van der Waals surface area contributed by atoms with Gasteiger partial charge in [-0.05, 0) is 12.1 Å². The van der Waals surface area contributed by atoms with Gasteiger partial charge in [0, 0.05) is 17.6 Å². The van der Waals surface area contributed by atoms with Crippen LogP contribution in [0.3, 0.4) is 0 Å². The SMILES string of the molecule is O=C(Nc1ccccc1)NC1CN=NS1. The minimum Gasteiger partial charge on any atom is -0.322 e. The molecule has 5 nitrogen and oxygen atoms in total. The molecule has 1 aromatic carbocycles. The number of amides is 2. The molecule has 78 valence electrons. The van der Waals surface area contributed by atoms with Crippen molar-refractivity contribution in [2.24, 2.45) is 9.63 Å². The average Bonchev–Trinajstić information content (AvgIpc) is 2.71. The zero-order valence-electron chi connectivity index (χ0n) is 7.88. The zero-order chi connectivity index (χ0) is 10.5. The van der Waals surface area contributed by atoms with Gasteiger partial charge in [0.25, 0.3) is 0 Å². The molecule has 0 saturated heterocycles. The number of anilines is 1. The van der Waals surface area contributed by atoms with E-state index >= 15 is 0 Å². The summed E-state index contributed by atoms with van der Waals surface area (Å²) in [6, 6.07) is 9.06. The lowest BCUT2D eigenvalue weighted by molar-refractivity contribution is 0.251. The largest absolute Gasteiger partial charge is 0.322 e. The minimum absolute atomic E-state index is 0.0475. The van der Waals surface area contributed by atoms with Crippen LogP contribution in [0.2, 0.25) is 0 Å². The molecule has 0 aliphatic carbocycles. The zero-order valence-corrected chi connectivity index (χ0v) is 8.70. The van der Waals surface area contributed by atoms with Crippen LogP contribution in [0.25, 0.3) is 0 Å². The van der Waals surface area contributed by atoms with E-state index < -0.39 is 0 Å². The van der Waals surface area contributed by atoms with Gasteiger partial charge in [-0.25, -0.2) is 4.79 Å². The Bertz CT molecular complexity index is 360. The fraction of sp³-hybridized carbons (Fsp3) is 0.222. The van der Waals surface area contributed by atoms with Crippen molar-refractivity contribution in [3.05, 3.63) is 30.3 Å². The van der Waals surface area contributed by atoms with Gasteiger partial charge in [0.05, 0.1) is 6.54 Å². The first-order valence-electron chi connectivity index (χ1n) is 4.50. The Labute approximate surface area is 91.5 Å². The van der Waals surface area contributed by atoms with Gasteiger partial charge in [-0.3, -0.25) is 0 Å². The highest BCUT2D eigenvalue weighted by Crippen LogP contribution is 2.17. The highest BCUT2D eigenvalue weighted by atomic mass is 32.2. The molecule has 1 atom stereocenters. The van der Waals surface area contributed by atoms with Crippen molar-refractivity contribution < 1.29 is 4.79 Å². The Morgan fingerprint density at radius 3 is 2.87 bits per heavy atom. The molecule has 0 saturated carbocycles. The van der Waals surface area contributed by atoms with Crippen LogP contribution in [-0.2, 0) is 0 Å². The Hall–Kier alpha value is -1.56. The van der Waals surface area contributed by atoms with Gasteiger partial charge in [-0.1, -0.05) is 18.2 Å². The number of nitrogens with zero attached hydrogens (tertiary/aromatic N) is 2. The molecule has 0 fully saturated rings. The number of benzene rings is 1. The fourth-order valence-electron chi connectivity index (χ4n) is 1.14. The lowest BCUT2D eigenvalue weighted by Gasteiger charge is -2.10. The summed E-state index contributed by atoms with van der Waals surface area (Å²) >= 11 is 1.27. The van der Waals surface area contributed by atoms with Gasteiger partial charge in [-0.2, -0.15) is 5.11 Å². The van der Waals surface area contributed by atoms with Crippen LogP contribution in [-0.4, -0.2) is 17.9 Å². The third kappa shape index (κ3) is 2.95. The third-order valence-electron chi connectivity index (χ3n) is 1.80. The van der Waals surface area contributed by atoms with Crippen molar-refractivity contribution in [2.75, 3.05) is 11.9 Å². The molecule has 1 heterocycles. The van der Waals surface area contributed by atoms with E-state index in [1.54, 1.807) is 0 Å². The standard InChI is InChI=1S/C9H10N4OS/c14-9(12-8-6-10-13-15-8)11-7-4-2-1-3-5-7/h1-5,8H,6H2,(H2,11,12,14). The van der Waals surface area contributed by atoms with E-state index in [0.717, 1.165) is 5.69 Å². The number of urea groups is 1. The molecule has 0 radical (unpaired) electrons. The maximum atomic E-state index is 11.4. The van der Waals surface area contributed by atoms with E-state index in [9.17, 15) is 4.79 Å². The fourth-order valence-corrected chi connectivity index (χ4v) is 1.68. The first kappa shape index (κ1) is 9.97. The van der Waals surface area contributed by atoms with Crippen LogP contribution in [0.4, 0.5) is 10.5 Å². The van der Waals surface area contributed by atoms with Crippen LogP contribution in [0.5, 0.6) is 0 Å². The molecule has 15 heavy (non-hydrogen) atoms. The monoisotopic (exact) mass is 222 g/mol. The Morgan fingerprint density at radius 1 is 1.40 bits per heavy atom. The molecular formula is C9H10N4OS. The van der Waals surface area contributed by atoms with Crippen molar-refractivity contribution in [1.82, 2.24) is 5.32 Å². The molecule has 0 bridgehead atoms. The predicted octanol–water partition coefficient (Wildman–Crippen LogP) is 2.25. The van der Waals surface area contributed by atoms with Crippen molar-refractivity contribution in [3.8, 4) is 0 Å². The summed E-state index contributed by atoms with van der Waals surface area (Å²) in [7, 11) is 0. The quantitative estimate of drug-likeness (QED) is 0.754. The molecule has 0 spiro atoms. The summed E-state index contributed by atoms with van der Waals surface area (Å²) in [5, 5.41) is 9.20. The maximum Gasteiger partial charge on any atom is 0.320 e. The Balaban J connectivity index is 1.82. The highest BCUT2D eigenvalue weighted by Gasteiger charge is 2.16. The number of carbonyl (C=O) groups is 1. The van der Waals surface area contributed by atoms with Crippen LogP contribution in [0.15, 0.2) is 40.0 Å². The summed E-state index contributed by atoms with van der Waals surface area (Å²) in [5.41, 5.74) is 0.770. The molecular weight excluding hydrogens is 212 g/mol. The first-order valence-corrected chi connectivity index (χ1v) is 5.33. The molecule has 1 unspecified atom stereocenters. The number of para-hydroxylation sites is 1. The van der Waals surface area contributed by atoms with Gasteiger partial charge in [-0.15, -0.1) is 4.52 Å². The molecule has 1 aliphatic rings. The molecule has 2 amide bonds. The van der Waals surface area contributed by atoms with Crippen molar-refractivity contribution in [3.63, 3.8) is 0 Å². The van der Waals surface area contributed by atoms with Gasteiger partial charge in [0.2, 0.25) is 0 Å². The lowest BCUT2D eigenvalue weighted by Crippen LogP contribution is -2.36. The normalized spacial score (nSPS) is 18.8. The number of hydrogen-bond acceptors (Lipinski definition) is 4.